The van der Waals surface area contributed by atoms with E-state index in [9.17, 15) is 17.6 Å². The van der Waals surface area contributed by atoms with E-state index in [0.29, 0.717) is 17.1 Å². The number of rotatable bonds is 7. The van der Waals surface area contributed by atoms with Crippen LogP contribution in [0.5, 0.6) is 0 Å². The number of halogens is 1. The summed E-state index contributed by atoms with van der Waals surface area (Å²) in [5.74, 6) is -0.647. The molecule has 1 amide bonds. The topological polar surface area (TPSA) is 119 Å². The van der Waals surface area contributed by atoms with Gasteiger partial charge < -0.3 is 5.32 Å². The second-order valence-electron chi connectivity index (χ2n) is 6.19. The van der Waals surface area contributed by atoms with Crippen LogP contribution in [0.15, 0.2) is 53.4 Å². The first-order chi connectivity index (χ1) is 14.3. The third kappa shape index (κ3) is 4.93. The Balaban J connectivity index is 1.71. The van der Waals surface area contributed by atoms with Crippen LogP contribution < -0.4 is 10.0 Å². The standard InChI is InChI=1S/C19H19FN6O3S/c1-3-21-30(28,29)16-8-4-14(5-9-16)6-11-19(27)22-18-12-15(7-10-17(18)20)26-13(2)23-24-25-26/h4-12,21H,3H2,1-2H3,(H,22,27)/b11-6+. The molecule has 11 heteroatoms. The molecule has 30 heavy (non-hydrogen) atoms. The van der Waals surface area contributed by atoms with Gasteiger partial charge in [0.15, 0.2) is 5.82 Å². The van der Waals surface area contributed by atoms with Crippen molar-refractivity contribution in [2.24, 2.45) is 0 Å². The van der Waals surface area contributed by atoms with Crippen LogP contribution >= 0.6 is 0 Å². The van der Waals surface area contributed by atoms with Crippen LogP contribution in [-0.2, 0) is 14.8 Å². The normalized spacial score (nSPS) is 11.7. The Morgan fingerprint density at radius 1 is 1.20 bits per heavy atom. The van der Waals surface area contributed by atoms with Crippen LogP contribution in [0.1, 0.15) is 18.3 Å². The number of sulfonamides is 1. The molecule has 0 spiro atoms. The van der Waals surface area contributed by atoms with E-state index in [1.54, 1.807) is 26.0 Å². The van der Waals surface area contributed by atoms with Crippen molar-refractivity contribution in [3.05, 3.63) is 65.7 Å². The largest absolute Gasteiger partial charge is 0.320 e. The quantitative estimate of drug-likeness (QED) is 0.554. The molecule has 2 N–H and O–H groups in total. The van der Waals surface area contributed by atoms with Crippen molar-refractivity contribution in [3.8, 4) is 5.69 Å². The lowest BCUT2D eigenvalue weighted by atomic mass is 10.2. The molecule has 9 nitrogen and oxygen atoms in total. The average molecular weight is 430 g/mol. The minimum Gasteiger partial charge on any atom is -0.320 e. The number of nitrogens with one attached hydrogen (secondary N) is 2. The molecule has 0 aliphatic carbocycles. The molecule has 156 valence electrons. The van der Waals surface area contributed by atoms with E-state index >= 15 is 0 Å². The molecule has 0 unspecified atom stereocenters. The Kier molecular flexibility index (Phi) is 6.33. The number of amides is 1. The van der Waals surface area contributed by atoms with E-state index < -0.39 is 21.7 Å². The fourth-order valence-corrected chi connectivity index (χ4v) is 3.63. The molecule has 0 aliphatic rings. The molecule has 0 aliphatic heterocycles. The molecule has 0 saturated heterocycles. The summed E-state index contributed by atoms with van der Waals surface area (Å²) in [6.45, 7) is 3.67. The van der Waals surface area contributed by atoms with Crippen LogP contribution in [0.25, 0.3) is 11.8 Å². The van der Waals surface area contributed by atoms with Gasteiger partial charge in [-0.05, 0) is 59.3 Å². The van der Waals surface area contributed by atoms with Crippen LogP contribution in [0, 0.1) is 12.7 Å². The van der Waals surface area contributed by atoms with Gasteiger partial charge in [-0.25, -0.2) is 17.5 Å². The van der Waals surface area contributed by atoms with Gasteiger partial charge in [0, 0.05) is 12.6 Å². The van der Waals surface area contributed by atoms with Gasteiger partial charge in [-0.2, -0.15) is 4.68 Å². The van der Waals surface area contributed by atoms with Crippen molar-refractivity contribution >= 4 is 27.7 Å². The average Bonchev–Trinajstić information content (AvgIpc) is 3.14. The number of carbonyl (C=O) groups is 1. The van der Waals surface area contributed by atoms with E-state index in [1.165, 1.54) is 47.2 Å². The van der Waals surface area contributed by atoms with E-state index in [-0.39, 0.29) is 17.1 Å². The minimum absolute atomic E-state index is 0.0240. The smallest absolute Gasteiger partial charge is 0.248 e. The molecular weight excluding hydrogens is 411 g/mol. The zero-order chi connectivity index (χ0) is 21.7. The SMILES string of the molecule is CCNS(=O)(=O)c1ccc(/C=C/C(=O)Nc2cc(-n3nnnc3C)ccc2F)cc1. The van der Waals surface area contributed by atoms with Gasteiger partial charge in [0.2, 0.25) is 15.9 Å². The van der Waals surface area contributed by atoms with Gasteiger partial charge in [-0.1, -0.05) is 19.1 Å². The van der Waals surface area contributed by atoms with Gasteiger partial charge in [0.25, 0.3) is 0 Å². The number of hydrogen-bond acceptors (Lipinski definition) is 6. The van der Waals surface area contributed by atoms with Crippen LogP contribution in [0.2, 0.25) is 0 Å². The maximum absolute atomic E-state index is 14.1. The second kappa shape index (κ2) is 8.93. The summed E-state index contributed by atoms with van der Waals surface area (Å²) in [5, 5.41) is 13.6. The summed E-state index contributed by atoms with van der Waals surface area (Å²) in [6, 6.07) is 10.1. The van der Waals surface area contributed by atoms with Gasteiger partial charge in [-0.3, -0.25) is 4.79 Å². The third-order valence-corrected chi connectivity index (χ3v) is 5.59. The molecule has 0 bridgehead atoms. The first-order valence-corrected chi connectivity index (χ1v) is 10.4. The Morgan fingerprint density at radius 3 is 2.57 bits per heavy atom. The third-order valence-electron chi connectivity index (χ3n) is 4.03. The number of aromatic nitrogens is 4. The predicted molar refractivity (Wildman–Crippen MR) is 109 cm³/mol. The lowest BCUT2D eigenvalue weighted by molar-refractivity contribution is -0.111. The van der Waals surface area contributed by atoms with E-state index in [1.807, 2.05) is 0 Å². The summed E-state index contributed by atoms with van der Waals surface area (Å²) < 4.78 is 41.8. The molecule has 3 aromatic rings. The number of nitrogens with zero attached hydrogens (tertiary/aromatic N) is 4. The maximum atomic E-state index is 14.1. The number of tetrazole rings is 1. The van der Waals surface area contributed by atoms with Crippen molar-refractivity contribution in [3.63, 3.8) is 0 Å². The van der Waals surface area contributed by atoms with Gasteiger partial charge in [0.05, 0.1) is 16.3 Å². The number of carbonyl (C=O) groups excluding carboxylic acids is 1. The molecule has 1 heterocycles. The van der Waals surface area contributed by atoms with Crippen molar-refractivity contribution < 1.29 is 17.6 Å². The molecule has 0 radical (unpaired) electrons. The Hall–Kier alpha value is -3.44. The monoisotopic (exact) mass is 430 g/mol. The Labute approximate surface area is 172 Å². The number of aryl methyl sites for hydroxylation is 1. The lowest BCUT2D eigenvalue weighted by Crippen LogP contribution is -2.22. The summed E-state index contributed by atoms with van der Waals surface area (Å²) in [4.78, 5) is 12.3. The van der Waals surface area contributed by atoms with Crippen molar-refractivity contribution in [1.82, 2.24) is 24.9 Å². The molecule has 0 atom stereocenters. The highest BCUT2D eigenvalue weighted by molar-refractivity contribution is 7.89. The molecule has 2 aromatic carbocycles. The maximum Gasteiger partial charge on any atom is 0.248 e. The minimum atomic E-state index is -3.54. The first kappa shape index (κ1) is 21.3. The van der Waals surface area contributed by atoms with Crippen molar-refractivity contribution in [1.29, 1.82) is 0 Å². The van der Waals surface area contributed by atoms with Crippen LogP contribution in [0.4, 0.5) is 10.1 Å². The lowest BCUT2D eigenvalue weighted by Gasteiger charge is -2.07. The van der Waals surface area contributed by atoms with E-state index in [4.69, 9.17) is 0 Å². The zero-order valence-electron chi connectivity index (χ0n) is 16.2. The zero-order valence-corrected chi connectivity index (χ0v) is 17.0. The summed E-state index contributed by atoms with van der Waals surface area (Å²) >= 11 is 0. The molecule has 3 rings (SSSR count). The fourth-order valence-electron chi connectivity index (χ4n) is 2.59. The van der Waals surface area contributed by atoms with Gasteiger partial charge >= 0.3 is 0 Å². The van der Waals surface area contributed by atoms with Gasteiger partial charge in [0.1, 0.15) is 5.82 Å². The molecule has 0 saturated carbocycles. The second-order valence-corrected chi connectivity index (χ2v) is 7.96. The summed E-state index contributed by atoms with van der Waals surface area (Å²) in [6.07, 6.45) is 2.72. The van der Waals surface area contributed by atoms with Crippen molar-refractivity contribution in [2.45, 2.75) is 18.7 Å². The van der Waals surface area contributed by atoms with E-state index in [0.717, 1.165) is 0 Å². The fraction of sp³-hybridized carbons (Fsp3) is 0.158. The number of benzene rings is 2. The highest BCUT2D eigenvalue weighted by Gasteiger charge is 2.12. The number of hydrogen-bond donors (Lipinski definition) is 2. The number of anilines is 1. The summed E-state index contributed by atoms with van der Waals surface area (Å²) in [7, 11) is -3.54. The van der Waals surface area contributed by atoms with E-state index in [2.05, 4.69) is 25.6 Å². The van der Waals surface area contributed by atoms with Crippen molar-refractivity contribution in [2.75, 3.05) is 11.9 Å². The highest BCUT2D eigenvalue weighted by atomic mass is 32.2. The van der Waals surface area contributed by atoms with Gasteiger partial charge in [-0.15, -0.1) is 5.10 Å². The predicted octanol–water partition coefficient (Wildman–Crippen LogP) is 2.06. The molecule has 1 aromatic heterocycles. The van der Waals surface area contributed by atoms with Crippen LogP contribution in [0.3, 0.4) is 0 Å². The Bertz CT molecular complexity index is 1190. The van der Waals surface area contributed by atoms with Crippen LogP contribution in [-0.4, -0.2) is 41.1 Å². The Morgan fingerprint density at radius 2 is 1.93 bits per heavy atom. The highest BCUT2D eigenvalue weighted by Crippen LogP contribution is 2.19. The molecular formula is C19H19FN6O3S. The summed E-state index contributed by atoms with van der Waals surface area (Å²) in [5.41, 5.74) is 1.08. The first-order valence-electron chi connectivity index (χ1n) is 8.94. The molecule has 0 fully saturated rings.